The van der Waals surface area contributed by atoms with Gasteiger partial charge < -0.3 is 14.7 Å². The first-order valence-corrected chi connectivity index (χ1v) is 10.0. The summed E-state index contributed by atoms with van der Waals surface area (Å²) in [6, 6.07) is 9.00. The van der Waals surface area contributed by atoms with Crippen LogP contribution in [-0.4, -0.2) is 56.1 Å². The third-order valence-electron chi connectivity index (χ3n) is 5.16. The standard InChI is InChI=1S/C21H24ClF3N4O/c1-27(2)17-6-3-15(4-7-17)5-8-19(30)28-9-11-29(12-10-28)20-18(22)13-16(14-26-20)21(23,24)25/h3-4,6-7,13-14H,5,8-12H2,1-2H3. The van der Waals surface area contributed by atoms with Gasteiger partial charge in [-0.25, -0.2) is 4.98 Å². The second-order valence-electron chi connectivity index (χ2n) is 7.46. The van der Waals surface area contributed by atoms with Crippen LogP contribution < -0.4 is 9.80 Å². The maximum Gasteiger partial charge on any atom is 0.417 e. The quantitative estimate of drug-likeness (QED) is 0.701. The van der Waals surface area contributed by atoms with Gasteiger partial charge in [-0.2, -0.15) is 13.2 Å². The van der Waals surface area contributed by atoms with E-state index in [1.807, 2.05) is 48.2 Å². The number of alkyl halides is 3. The van der Waals surface area contributed by atoms with Gasteiger partial charge in [-0.3, -0.25) is 4.79 Å². The van der Waals surface area contributed by atoms with Crippen molar-refractivity contribution in [2.24, 2.45) is 0 Å². The molecule has 0 atom stereocenters. The first kappa shape index (κ1) is 22.2. The number of aromatic nitrogens is 1. The molecule has 0 saturated carbocycles. The molecule has 9 heteroatoms. The average Bonchev–Trinajstić information content (AvgIpc) is 2.71. The van der Waals surface area contributed by atoms with Crippen molar-refractivity contribution < 1.29 is 18.0 Å². The van der Waals surface area contributed by atoms with Crippen LogP contribution in [0, 0.1) is 0 Å². The highest BCUT2D eigenvalue weighted by Crippen LogP contribution is 2.33. The van der Waals surface area contributed by atoms with Crippen LogP contribution in [0.15, 0.2) is 36.5 Å². The summed E-state index contributed by atoms with van der Waals surface area (Å²) in [6.45, 7) is 1.91. The van der Waals surface area contributed by atoms with Crippen molar-refractivity contribution in [2.45, 2.75) is 19.0 Å². The normalized spacial score (nSPS) is 14.7. The molecule has 162 valence electrons. The fraction of sp³-hybridized carbons (Fsp3) is 0.429. The van der Waals surface area contributed by atoms with Gasteiger partial charge in [0.05, 0.1) is 10.6 Å². The topological polar surface area (TPSA) is 39.7 Å². The Morgan fingerprint density at radius 3 is 2.30 bits per heavy atom. The molecule has 1 saturated heterocycles. The van der Waals surface area contributed by atoms with E-state index in [9.17, 15) is 18.0 Å². The van der Waals surface area contributed by atoms with Crippen molar-refractivity contribution in [3.63, 3.8) is 0 Å². The second-order valence-corrected chi connectivity index (χ2v) is 7.86. The molecule has 0 bridgehead atoms. The zero-order chi connectivity index (χ0) is 21.9. The number of carbonyl (C=O) groups excluding carboxylic acids is 1. The summed E-state index contributed by atoms with van der Waals surface area (Å²) >= 11 is 6.03. The average molecular weight is 441 g/mol. The van der Waals surface area contributed by atoms with Crippen molar-refractivity contribution >= 4 is 29.0 Å². The fourth-order valence-electron chi connectivity index (χ4n) is 3.36. The molecule has 1 fully saturated rings. The SMILES string of the molecule is CN(C)c1ccc(CCC(=O)N2CCN(c3ncc(C(F)(F)F)cc3Cl)CC2)cc1. The van der Waals surface area contributed by atoms with E-state index in [0.717, 1.165) is 23.5 Å². The number of benzene rings is 1. The number of hydrogen-bond acceptors (Lipinski definition) is 4. The number of aryl methyl sites for hydroxylation is 1. The van der Waals surface area contributed by atoms with Gasteiger partial charge in [-0.15, -0.1) is 0 Å². The summed E-state index contributed by atoms with van der Waals surface area (Å²) in [7, 11) is 3.96. The molecule has 1 aromatic heterocycles. The van der Waals surface area contributed by atoms with Crippen molar-refractivity contribution in [3.8, 4) is 0 Å². The van der Waals surface area contributed by atoms with E-state index in [-0.39, 0.29) is 10.9 Å². The Hall–Kier alpha value is -2.48. The number of piperazine rings is 1. The van der Waals surface area contributed by atoms with Crippen LogP contribution in [0.5, 0.6) is 0 Å². The fourth-order valence-corrected chi connectivity index (χ4v) is 3.64. The summed E-state index contributed by atoms with van der Waals surface area (Å²) in [5, 5.41) is -0.0363. The number of halogens is 4. The van der Waals surface area contributed by atoms with Crippen LogP contribution in [0.3, 0.4) is 0 Å². The lowest BCUT2D eigenvalue weighted by Gasteiger charge is -2.36. The predicted octanol–water partition coefficient (Wildman–Crippen LogP) is 4.10. The Morgan fingerprint density at radius 2 is 1.77 bits per heavy atom. The zero-order valence-corrected chi connectivity index (χ0v) is 17.7. The molecule has 5 nitrogen and oxygen atoms in total. The minimum atomic E-state index is -4.48. The largest absolute Gasteiger partial charge is 0.417 e. The molecule has 1 amide bonds. The number of hydrogen-bond donors (Lipinski definition) is 0. The van der Waals surface area contributed by atoms with E-state index in [2.05, 4.69) is 4.98 Å². The van der Waals surface area contributed by atoms with E-state index < -0.39 is 11.7 Å². The van der Waals surface area contributed by atoms with Crippen LogP contribution in [0.4, 0.5) is 24.7 Å². The van der Waals surface area contributed by atoms with Gasteiger partial charge in [-0.1, -0.05) is 23.7 Å². The number of carbonyl (C=O) groups is 1. The molecule has 0 radical (unpaired) electrons. The summed E-state index contributed by atoms with van der Waals surface area (Å²) in [4.78, 5) is 22.1. The molecule has 2 aromatic rings. The van der Waals surface area contributed by atoms with Crippen molar-refractivity contribution in [1.29, 1.82) is 0 Å². The smallest absolute Gasteiger partial charge is 0.378 e. The molecule has 0 N–H and O–H groups in total. The molecule has 30 heavy (non-hydrogen) atoms. The third kappa shape index (κ3) is 5.36. The number of amides is 1. The Morgan fingerprint density at radius 1 is 1.13 bits per heavy atom. The highest BCUT2D eigenvalue weighted by atomic mass is 35.5. The number of pyridine rings is 1. The molecular weight excluding hydrogens is 417 g/mol. The molecule has 0 unspecified atom stereocenters. The summed E-state index contributed by atoms with van der Waals surface area (Å²) in [6.07, 6.45) is -2.60. The summed E-state index contributed by atoms with van der Waals surface area (Å²) in [5.41, 5.74) is 1.34. The Balaban J connectivity index is 1.52. The summed E-state index contributed by atoms with van der Waals surface area (Å²) in [5.74, 6) is 0.385. The van der Waals surface area contributed by atoms with Gasteiger partial charge in [-0.05, 0) is 30.2 Å². The van der Waals surface area contributed by atoms with Gasteiger partial charge in [0.1, 0.15) is 5.82 Å². The van der Waals surface area contributed by atoms with Gasteiger partial charge in [0.25, 0.3) is 0 Å². The molecule has 3 rings (SSSR count). The third-order valence-corrected chi connectivity index (χ3v) is 5.44. The maximum atomic E-state index is 12.8. The molecule has 1 aliphatic rings. The number of nitrogens with zero attached hydrogens (tertiary/aromatic N) is 4. The lowest BCUT2D eigenvalue weighted by Crippen LogP contribution is -2.49. The minimum absolute atomic E-state index is 0.0363. The van der Waals surface area contributed by atoms with Crippen molar-refractivity contribution in [2.75, 3.05) is 50.1 Å². The first-order chi connectivity index (χ1) is 14.1. The van der Waals surface area contributed by atoms with E-state index in [1.54, 1.807) is 4.90 Å². The lowest BCUT2D eigenvalue weighted by atomic mass is 10.1. The van der Waals surface area contributed by atoms with Gasteiger partial charge in [0.15, 0.2) is 0 Å². The van der Waals surface area contributed by atoms with Gasteiger partial charge in [0.2, 0.25) is 5.91 Å². The minimum Gasteiger partial charge on any atom is -0.378 e. The maximum absolute atomic E-state index is 12.8. The first-order valence-electron chi connectivity index (χ1n) is 9.67. The van der Waals surface area contributed by atoms with E-state index in [1.165, 1.54) is 0 Å². The Bertz CT molecular complexity index is 879. The molecule has 2 heterocycles. The monoisotopic (exact) mass is 440 g/mol. The van der Waals surface area contributed by atoms with Crippen LogP contribution in [0.25, 0.3) is 0 Å². The molecule has 1 aromatic carbocycles. The number of anilines is 2. The lowest BCUT2D eigenvalue weighted by molar-refractivity contribution is -0.137. The highest BCUT2D eigenvalue weighted by Gasteiger charge is 2.32. The molecule has 0 spiro atoms. The Kier molecular flexibility index (Phi) is 6.75. The van der Waals surface area contributed by atoms with E-state index >= 15 is 0 Å². The number of rotatable bonds is 5. The predicted molar refractivity (Wildman–Crippen MR) is 112 cm³/mol. The van der Waals surface area contributed by atoms with Crippen molar-refractivity contribution in [1.82, 2.24) is 9.88 Å². The van der Waals surface area contributed by atoms with E-state index in [4.69, 9.17) is 11.6 Å². The van der Waals surface area contributed by atoms with E-state index in [0.29, 0.717) is 44.8 Å². The molecule has 0 aliphatic carbocycles. The summed E-state index contributed by atoms with van der Waals surface area (Å²) < 4.78 is 38.3. The molecular formula is C21H24ClF3N4O. The van der Waals surface area contributed by atoms with Crippen LogP contribution in [0.1, 0.15) is 17.5 Å². The van der Waals surface area contributed by atoms with Crippen LogP contribution in [-0.2, 0) is 17.4 Å². The van der Waals surface area contributed by atoms with Crippen LogP contribution >= 0.6 is 11.6 Å². The zero-order valence-electron chi connectivity index (χ0n) is 16.9. The molecule has 1 aliphatic heterocycles. The van der Waals surface area contributed by atoms with Gasteiger partial charge >= 0.3 is 6.18 Å². The Labute approximate surface area is 179 Å². The second kappa shape index (κ2) is 9.12. The van der Waals surface area contributed by atoms with Gasteiger partial charge in [0, 0.05) is 58.6 Å². The van der Waals surface area contributed by atoms with Crippen LogP contribution in [0.2, 0.25) is 5.02 Å². The highest BCUT2D eigenvalue weighted by molar-refractivity contribution is 6.33. The van der Waals surface area contributed by atoms with Crippen molar-refractivity contribution in [3.05, 3.63) is 52.7 Å².